The molecule has 9 heteroatoms. The maximum absolute atomic E-state index is 12.1. The number of carbonyl (C=O) groups excluding carboxylic acids is 2. The number of nitrogens with zero attached hydrogens (tertiary/aromatic N) is 1. The van der Waals surface area contributed by atoms with Crippen LogP contribution in [0.4, 0.5) is 5.69 Å². The zero-order valence-corrected chi connectivity index (χ0v) is 13.5. The number of cyclic esters (lactones) is 1. The van der Waals surface area contributed by atoms with Crippen LogP contribution in [0.5, 0.6) is 0 Å². The molecule has 1 aliphatic rings. The van der Waals surface area contributed by atoms with E-state index < -0.39 is 21.9 Å². The van der Waals surface area contributed by atoms with E-state index in [1.165, 1.54) is 31.2 Å². The number of sulfonamides is 1. The third-order valence-electron chi connectivity index (χ3n) is 3.27. The molecule has 124 valence electrons. The highest BCUT2D eigenvalue weighted by molar-refractivity contribution is 7.89. The summed E-state index contributed by atoms with van der Waals surface area (Å²) < 4.78 is 29.1. The Morgan fingerprint density at radius 2 is 1.91 bits per heavy atom. The summed E-state index contributed by atoms with van der Waals surface area (Å²) >= 11 is 0. The van der Waals surface area contributed by atoms with Gasteiger partial charge in [-0.15, -0.1) is 0 Å². The highest BCUT2D eigenvalue weighted by atomic mass is 32.2. The Kier molecular flexibility index (Phi) is 4.99. The Labute approximate surface area is 134 Å². The largest absolute Gasteiger partial charge is 0.465 e. The molecule has 1 atom stereocenters. The second-order valence-corrected chi connectivity index (χ2v) is 6.72. The van der Waals surface area contributed by atoms with Crippen LogP contribution in [-0.4, -0.2) is 32.6 Å². The first-order chi connectivity index (χ1) is 10.8. The van der Waals surface area contributed by atoms with E-state index in [1.54, 1.807) is 6.92 Å². The lowest BCUT2D eigenvalue weighted by molar-refractivity contribution is -0.139. The minimum Gasteiger partial charge on any atom is -0.465 e. The standard InChI is InChI=1S/C14H17N3O5S/c1-9(13-7-8-22-14(13)19)16-17-23(20,21)12-5-3-11(4-6-12)15-10(2)18/h3-6,13,17H,7-8H2,1-2H3,(H,15,18)/b16-9-/t13-/m1/s1. The summed E-state index contributed by atoms with van der Waals surface area (Å²) in [6.45, 7) is 3.24. The first kappa shape index (κ1) is 16.9. The molecule has 1 saturated heterocycles. The predicted octanol–water partition coefficient (Wildman–Crippen LogP) is 0.862. The van der Waals surface area contributed by atoms with E-state index in [1.807, 2.05) is 0 Å². The Balaban J connectivity index is 2.09. The van der Waals surface area contributed by atoms with Crippen molar-refractivity contribution in [2.75, 3.05) is 11.9 Å². The van der Waals surface area contributed by atoms with Crippen molar-refractivity contribution in [3.63, 3.8) is 0 Å². The van der Waals surface area contributed by atoms with E-state index in [9.17, 15) is 18.0 Å². The lowest BCUT2D eigenvalue weighted by Gasteiger charge is -2.08. The summed E-state index contributed by atoms with van der Waals surface area (Å²) in [5.41, 5.74) is 0.843. The number of rotatable bonds is 5. The van der Waals surface area contributed by atoms with Crippen molar-refractivity contribution >= 4 is 33.3 Å². The van der Waals surface area contributed by atoms with Crippen LogP contribution in [0, 0.1) is 5.92 Å². The number of hydrogen-bond acceptors (Lipinski definition) is 6. The number of amides is 1. The van der Waals surface area contributed by atoms with Gasteiger partial charge in [-0.3, -0.25) is 9.59 Å². The fourth-order valence-corrected chi connectivity index (χ4v) is 2.92. The molecule has 0 bridgehead atoms. The van der Waals surface area contributed by atoms with Crippen LogP contribution in [-0.2, 0) is 24.3 Å². The second-order valence-electron chi connectivity index (χ2n) is 5.06. The molecule has 2 rings (SSSR count). The van der Waals surface area contributed by atoms with Gasteiger partial charge in [-0.1, -0.05) is 0 Å². The number of ether oxygens (including phenoxy) is 1. The molecule has 1 fully saturated rings. The summed E-state index contributed by atoms with van der Waals surface area (Å²) in [7, 11) is -3.85. The predicted molar refractivity (Wildman–Crippen MR) is 83.2 cm³/mol. The van der Waals surface area contributed by atoms with Gasteiger partial charge in [-0.25, -0.2) is 4.83 Å². The zero-order valence-electron chi connectivity index (χ0n) is 12.7. The van der Waals surface area contributed by atoms with E-state index in [-0.39, 0.29) is 10.8 Å². The molecule has 2 N–H and O–H groups in total. The number of nitrogens with one attached hydrogen (secondary N) is 2. The fraction of sp³-hybridized carbons (Fsp3) is 0.357. The minimum absolute atomic E-state index is 0.00264. The molecule has 1 amide bonds. The number of esters is 1. The normalized spacial score (nSPS) is 18.4. The van der Waals surface area contributed by atoms with Crippen LogP contribution in [0.2, 0.25) is 0 Å². The molecule has 0 spiro atoms. The third-order valence-corrected chi connectivity index (χ3v) is 4.49. The van der Waals surface area contributed by atoms with Crippen LogP contribution in [0.25, 0.3) is 0 Å². The topological polar surface area (TPSA) is 114 Å². The molecule has 1 heterocycles. The molecule has 1 aliphatic heterocycles. The molecule has 0 saturated carbocycles. The van der Waals surface area contributed by atoms with Gasteiger partial charge in [-0.05, 0) is 31.2 Å². The van der Waals surface area contributed by atoms with Crippen LogP contribution in [0.1, 0.15) is 20.3 Å². The van der Waals surface area contributed by atoms with Gasteiger partial charge in [0.05, 0.1) is 23.1 Å². The van der Waals surface area contributed by atoms with Gasteiger partial charge < -0.3 is 10.1 Å². The molecule has 0 aromatic heterocycles. The summed E-state index contributed by atoms with van der Waals surface area (Å²) in [4.78, 5) is 24.4. The quantitative estimate of drug-likeness (QED) is 0.469. The van der Waals surface area contributed by atoms with E-state index in [4.69, 9.17) is 4.74 Å². The van der Waals surface area contributed by atoms with Crippen molar-refractivity contribution in [2.45, 2.75) is 25.2 Å². The molecule has 1 aromatic rings. The van der Waals surface area contributed by atoms with E-state index >= 15 is 0 Å². The number of carbonyl (C=O) groups is 2. The maximum atomic E-state index is 12.1. The second kappa shape index (κ2) is 6.78. The fourth-order valence-electron chi connectivity index (χ4n) is 2.06. The van der Waals surface area contributed by atoms with Gasteiger partial charge in [0.2, 0.25) is 5.91 Å². The molecular weight excluding hydrogens is 322 g/mol. The minimum atomic E-state index is -3.85. The Hall–Kier alpha value is -2.42. The summed E-state index contributed by atoms with van der Waals surface area (Å²) in [6, 6.07) is 5.65. The monoisotopic (exact) mass is 339 g/mol. The first-order valence-corrected chi connectivity index (χ1v) is 8.38. The van der Waals surface area contributed by atoms with Crippen LogP contribution in [0.3, 0.4) is 0 Å². The molecule has 0 aliphatic carbocycles. The third kappa shape index (κ3) is 4.28. The SMILES string of the molecule is CC(=O)Nc1ccc(S(=O)(=O)N/N=C(/C)[C@H]2CCOC2=O)cc1. The number of anilines is 1. The first-order valence-electron chi connectivity index (χ1n) is 6.90. The highest BCUT2D eigenvalue weighted by Gasteiger charge is 2.29. The lowest BCUT2D eigenvalue weighted by atomic mass is 10.0. The van der Waals surface area contributed by atoms with Crippen molar-refractivity contribution in [1.29, 1.82) is 0 Å². The van der Waals surface area contributed by atoms with E-state index in [0.717, 1.165) is 0 Å². The average molecular weight is 339 g/mol. The van der Waals surface area contributed by atoms with Crippen LogP contribution >= 0.6 is 0 Å². The number of hydrogen-bond donors (Lipinski definition) is 2. The Morgan fingerprint density at radius 1 is 1.26 bits per heavy atom. The van der Waals surface area contributed by atoms with Crippen LogP contribution < -0.4 is 10.1 Å². The molecule has 0 radical (unpaired) electrons. The maximum Gasteiger partial charge on any atom is 0.314 e. The zero-order chi connectivity index (χ0) is 17.0. The Morgan fingerprint density at radius 3 is 2.43 bits per heavy atom. The van der Waals surface area contributed by atoms with Gasteiger partial charge in [0.1, 0.15) is 0 Å². The van der Waals surface area contributed by atoms with Gasteiger partial charge in [-0.2, -0.15) is 13.5 Å². The molecular formula is C14H17N3O5S. The van der Waals surface area contributed by atoms with E-state index in [2.05, 4.69) is 15.2 Å². The smallest absolute Gasteiger partial charge is 0.314 e. The van der Waals surface area contributed by atoms with Crippen LogP contribution in [0.15, 0.2) is 34.3 Å². The van der Waals surface area contributed by atoms with Crippen molar-refractivity contribution in [3.05, 3.63) is 24.3 Å². The number of hydrazone groups is 1. The molecule has 1 aromatic carbocycles. The van der Waals surface area contributed by atoms with Crippen molar-refractivity contribution in [3.8, 4) is 0 Å². The summed E-state index contributed by atoms with van der Waals surface area (Å²) in [5, 5.41) is 6.33. The van der Waals surface area contributed by atoms with Crippen molar-refractivity contribution < 1.29 is 22.7 Å². The van der Waals surface area contributed by atoms with Gasteiger partial charge in [0.25, 0.3) is 10.0 Å². The molecule has 23 heavy (non-hydrogen) atoms. The summed E-state index contributed by atoms with van der Waals surface area (Å²) in [5.74, 6) is -1.16. The van der Waals surface area contributed by atoms with Crippen molar-refractivity contribution in [1.82, 2.24) is 4.83 Å². The summed E-state index contributed by atoms with van der Waals surface area (Å²) in [6.07, 6.45) is 0.487. The number of benzene rings is 1. The van der Waals surface area contributed by atoms with Gasteiger partial charge in [0.15, 0.2) is 0 Å². The van der Waals surface area contributed by atoms with Crippen molar-refractivity contribution in [2.24, 2.45) is 11.0 Å². The highest BCUT2D eigenvalue weighted by Crippen LogP contribution is 2.17. The lowest BCUT2D eigenvalue weighted by Crippen LogP contribution is -2.24. The van der Waals surface area contributed by atoms with Gasteiger partial charge >= 0.3 is 5.97 Å². The molecule has 0 unspecified atom stereocenters. The Bertz CT molecular complexity index is 740. The molecule has 8 nitrogen and oxygen atoms in total. The average Bonchev–Trinajstić information content (AvgIpc) is 2.91. The van der Waals surface area contributed by atoms with Gasteiger partial charge in [0, 0.05) is 19.0 Å². The van der Waals surface area contributed by atoms with E-state index in [0.29, 0.717) is 24.4 Å².